The first-order chi connectivity index (χ1) is 17.3. The Morgan fingerprint density at radius 3 is 2.53 bits per heavy atom. The van der Waals surface area contributed by atoms with Crippen molar-refractivity contribution in [2.75, 3.05) is 25.6 Å². The van der Waals surface area contributed by atoms with Gasteiger partial charge in [0.2, 0.25) is 0 Å². The van der Waals surface area contributed by atoms with Crippen molar-refractivity contribution in [3.63, 3.8) is 0 Å². The van der Waals surface area contributed by atoms with Crippen molar-refractivity contribution in [2.45, 2.75) is 19.4 Å². The molecule has 1 atom stereocenters. The number of carboxylic acids is 1. The number of anilines is 1. The van der Waals surface area contributed by atoms with Gasteiger partial charge in [-0.2, -0.15) is 0 Å². The Bertz CT molecular complexity index is 1200. The molecule has 0 spiro atoms. The van der Waals surface area contributed by atoms with E-state index in [2.05, 4.69) is 10.3 Å². The van der Waals surface area contributed by atoms with Gasteiger partial charge in [-0.05, 0) is 60.5 Å². The summed E-state index contributed by atoms with van der Waals surface area (Å²) in [6.45, 7) is 2.52. The van der Waals surface area contributed by atoms with Gasteiger partial charge in [-0.25, -0.2) is 14.2 Å². The van der Waals surface area contributed by atoms with E-state index in [9.17, 15) is 14.0 Å². The minimum Gasteiger partial charge on any atom is -0.493 e. The molecule has 0 saturated heterocycles. The highest BCUT2D eigenvalue weighted by atomic mass is 19.1. The van der Waals surface area contributed by atoms with Crippen LogP contribution >= 0.6 is 0 Å². The number of nitrogens with zero attached hydrogens (tertiary/aromatic N) is 1. The van der Waals surface area contributed by atoms with E-state index in [4.69, 9.17) is 19.3 Å². The Labute approximate surface area is 208 Å². The van der Waals surface area contributed by atoms with Gasteiger partial charge in [0, 0.05) is 37.4 Å². The molecule has 1 amide bonds. The average molecular weight is 495 g/mol. The normalized spacial score (nSPS) is 11.8. The summed E-state index contributed by atoms with van der Waals surface area (Å²) in [6, 6.07) is 14.3. The summed E-state index contributed by atoms with van der Waals surface area (Å²) < 4.78 is 30.0. The molecular formula is C27H27FN2O6. The third kappa shape index (κ3) is 8.52. The molecule has 2 aromatic carbocycles. The number of hydrogen-bond acceptors (Lipinski definition) is 6. The maximum atomic E-state index is 13.1. The second-order valence-corrected chi connectivity index (χ2v) is 7.90. The fourth-order valence-electron chi connectivity index (χ4n) is 3.23. The minimum absolute atomic E-state index is 0.256. The van der Waals surface area contributed by atoms with Gasteiger partial charge in [0.1, 0.15) is 29.2 Å². The maximum Gasteiger partial charge on any atom is 0.328 e. The molecule has 0 bridgehead atoms. The predicted octanol–water partition coefficient (Wildman–Crippen LogP) is 4.61. The summed E-state index contributed by atoms with van der Waals surface area (Å²) >= 11 is 0. The second kappa shape index (κ2) is 13.0. The van der Waals surface area contributed by atoms with Gasteiger partial charge in [0.25, 0.3) is 5.91 Å². The first-order valence-corrected chi connectivity index (χ1v) is 11.2. The van der Waals surface area contributed by atoms with Gasteiger partial charge in [0.05, 0.1) is 13.2 Å². The predicted molar refractivity (Wildman–Crippen MR) is 133 cm³/mol. The standard InChI is InChI=1S/C27H27FN2O6/c1-18(17-34-2)36-24-14-21(13-23(15-24)35-12-11-19-3-7-22(28)8-4-19)27(33)30-25-9-5-20(16-29-25)6-10-26(31)32/h3-10,13-16,18H,11-12,17H2,1-2H3,(H,31,32)(H,29,30,33)/b10-6+/t18-/m0/s1. The molecule has 0 radical (unpaired) electrons. The van der Waals surface area contributed by atoms with Gasteiger partial charge in [0.15, 0.2) is 0 Å². The van der Waals surface area contributed by atoms with Crippen LogP contribution in [0.1, 0.15) is 28.4 Å². The number of halogens is 1. The van der Waals surface area contributed by atoms with Crippen molar-refractivity contribution in [1.29, 1.82) is 0 Å². The van der Waals surface area contributed by atoms with Gasteiger partial charge in [-0.1, -0.05) is 12.1 Å². The zero-order valence-corrected chi connectivity index (χ0v) is 19.9. The fraction of sp³-hybridized carbons (Fsp3) is 0.222. The van der Waals surface area contributed by atoms with Crippen LogP contribution in [-0.4, -0.2) is 48.4 Å². The Hall–Kier alpha value is -4.24. The topological polar surface area (TPSA) is 107 Å². The van der Waals surface area contributed by atoms with Crippen LogP contribution in [0.4, 0.5) is 10.2 Å². The lowest BCUT2D eigenvalue weighted by Crippen LogP contribution is -2.19. The van der Waals surface area contributed by atoms with Gasteiger partial charge < -0.3 is 24.6 Å². The van der Waals surface area contributed by atoms with Crippen LogP contribution in [0.3, 0.4) is 0 Å². The molecule has 0 aliphatic heterocycles. The van der Waals surface area contributed by atoms with E-state index in [1.54, 1.807) is 49.6 Å². The van der Waals surface area contributed by atoms with Crippen LogP contribution in [0, 0.1) is 5.82 Å². The van der Waals surface area contributed by atoms with Crippen LogP contribution in [0.2, 0.25) is 0 Å². The van der Waals surface area contributed by atoms with Crippen molar-refractivity contribution in [2.24, 2.45) is 0 Å². The Morgan fingerprint density at radius 2 is 1.86 bits per heavy atom. The number of ether oxygens (including phenoxy) is 3. The molecule has 188 valence electrons. The van der Waals surface area contributed by atoms with E-state index < -0.39 is 11.9 Å². The number of hydrogen-bond donors (Lipinski definition) is 2. The zero-order valence-electron chi connectivity index (χ0n) is 19.9. The van der Waals surface area contributed by atoms with Crippen molar-refractivity contribution in [3.05, 3.63) is 89.4 Å². The number of pyridine rings is 1. The smallest absolute Gasteiger partial charge is 0.328 e. The number of aliphatic carboxylic acids is 1. The van der Waals surface area contributed by atoms with Crippen LogP contribution in [0.15, 0.2) is 66.9 Å². The summed E-state index contributed by atoms with van der Waals surface area (Å²) in [5.41, 5.74) is 1.79. The van der Waals surface area contributed by atoms with E-state index in [-0.39, 0.29) is 11.9 Å². The maximum absolute atomic E-state index is 13.1. The van der Waals surface area contributed by atoms with E-state index in [0.717, 1.165) is 11.6 Å². The van der Waals surface area contributed by atoms with Crippen LogP contribution in [-0.2, 0) is 16.0 Å². The molecule has 0 aliphatic rings. The van der Waals surface area contributed by atoms with Gasteiger partial charge in [-0.15, -0.1) is 0 Å². The highest BCUT2D eigenvalue weighted by Gasteiger charge is 2.13. The lowest BCUT2D eigenvalue weighted by atomic mass is 10.1. The number of rotatable bonds is 12. The minimum atomic E-state index is -1.06. The third-order valence-electron chi connectivity index (χ3n) is 4.90. The summed E-state index contributed by atoms with van der Waals surface area (Å²) in [7, 11) is 1.57. The van der Waals surface area contributed by atoms with Crippen molar-refractivity contribution in [1.82, 2.24) is 4.98 Å². The molecule has 8 nitrogen and oxygen atoms in total. The highest BCUT2D eigenvalue weighted by molar-refractivity contribution is 6.04. The Kier molecular flexibility index (Phi) is 9.53. The SMILES string of the molecule is COC[C@H](C)Oc1cc(OCCc2ccc(F)cc2)cc(C(=O)Nc2ccc(/C=C/C(=O)O)cn2)c1. The molecule has 0 fully saturated rings. The number of methoxy groups -OCH3 is 1. The fourth-order valence-corrected chi connectivity index (χ4v) is 3.23. The van der Waals surface area contributed by atoms with E-state index >= 15 is 0 Å². The number of carbonyl (C=O) groups is 2. The number of benzene rings is 2. The monoisotopic (exact) mass is 494 g/mol. The van der Waals surface area contributed by atoms with Gasteiger partial charge >= 0.3 is 5.97 Å². The molecule has 36 heavy (non-hydrogen) atoms. The molecule has 0 unspecified atom stereocenters. The van der Waals surface area contributed by atoms with Gasteiger partial charge in [-0.3, -0.25) is 4.79 Å². The van der Waals surface area contributed by atoms with E-state index in [1.165, 1.54) is 24.4 Å². The first kappa shape index (κ1) is 26.4. The highest BCUT2D eigenvalue weighted by Crippen LogP contribution is 2.25. The lowest BCUT2D eigenvalue weighted by Gasteiger charge is -2.16. The van der Waals surface area contributed by atoms with Crippen LogP contribution in [0.5, 0.6) is 11.5 Å². The number of aromatic nitrogens is 1. The number of carbonyl (C=O) groups excluding carboxylic acids is 1. The van der Waals surface area contributed by atoms with Crippen LogP contribution < -0.4 is 14.8 Å². The molecule has 9 heteroatoms. The quantitative estimate of drug-likeness (QED) is 0.354. The second-order valence-electron chi connectivity index (χ2n) is 7.90. The van der Waals surface area contributed by atoms with Crippen molar-refractivity contribution in [3.8, 4) is 11.5 Å². The summed E-state index contributed by atoms with van der Waals surface area (Å²) in [6.07, 6.45) is 4.15. The van der Waals surface area contributed by atoms with E-state index in [0.29, 0.717) is 48.1 Å². The molecule has 1 heterocycles. The molecule has 3 rings (SSSR count). The largest absolute Gasteiger partial charge is 0.493 e. The van der Waals surface area contributed by atoms with E-state index in [1.807, 2.05) is 6.92 Å². The lowest BCUT2D eigenvalue weighted by molar-refractivity contribution is -0.131. The molecular weight excluding hydrogens is 467 g/mol. The molecule has 1 aromatic heterocycles. The zero-order chi connectivity index (χ0) is 25.9. The Morgan fingerprint density at radius 1 is 1.11 bits per heavy atom. The summed E-state index contributed by atoms with van der Waals surface area (Å²) in [5, 5.41) is 11.4. The van der Waals surface area contributed by atoms with Crippen LogP contribution in [0.25, 0.3) is 6.08 Å². The third-order valence-corrected chi connectivity index (χ3v) is 4.90. The molecule has 0 saturated carbocycles. The number of nitrogens with one attached hydrogen (secondary N) is 1. The van der Waals surface area contributed by atoms with Crippen molar-refractivity contribution < 1.29 is 33.3 Å². The number of carboxylic acid groups (broad SMARTS) is 1. The molecule has 2 N–H and O–H groups in total. The number of amides is 1. The summed E-state index contributed by atoms with van der Waals surface area (Å²) in [5.74, 6) is -0.622. The first-order valence-electron chi connectivity index (χ1n) is 11.2. The Balaban J connectivity index is 1.73. The average Bonchev–Trinajstić information content (AvgIpc) is 2.85. The molecule has 0 aliphatic carbocycles. The summed E-state index contributed by atoms with van der Waals surface area (Å²) in [4.78, 5) is 27.7. The molecule has 3 aromatic rings. The van der Waals surface area contributed by atoms with Crippen molar-refractivity contribution >= 4 is 23.8 Å².